The minimum absolute atomic E-state index is 0.0344. The summed E-state index contributed by atoms with van der Waals surface area (Å²) in [6, 6.07) is 0. The highest BCUT2D eigenvalue weighted by Gasteiger charge is 2.61. The van der Waals surface area contributed by atoms with Crippen molar-refractivity contribution in [2.24, 2.45) is 22.7 Å². The summed E-state index contributed by atoms with van der Waals surface area (Å²) in [6.07, 6.45) is -0.0666. The highest BCUT2D eigenvalue weighted by molar-refractivity contribution is 6.50. The minimum atomic E-state index is -1.36. The fourth-order valence-corrected chi connectivity index (χ4v) is 5.68. The monoisotopic (exact) mass is 348 g/mol. The zero-order valence-corrected chi connectivity index (χ0v) is 15.6. The molecule has 138 valence electrons. The lowest BCUT2D eigenvalue weighted by atomic mass is 9.47. The lowest BCUT2D eigenvalue weighted by Gasteiger charge is -2.57. The van der Waals surface area contributed by atoms with Gasteiger partial charge in [-0.25, -0.2) is 0 Å². The topological polar surface area (TPSA) is 94.8 Å². The first kappa shape index (κ1) is 18.3. The van der Waals surface area contributed by atoms with Gasteiger partial charge in [-0.15, -0.1) is 0 Å². The molecule has 0 aromatic carbocycles. The molecule has 3 rings (SSSR count). The van der Waals surface area contributed by atoms with Gasteiger partial charge in [0.05, 0.1) is 6.10 Å². The first-order valence-electron chi connectivity index (χ1n) is 9.08. The normalized spacial score (nSPS) is 38.2. The van der Waals surface area contributed by atoms with Crippen LogP contribution >= 0.6 is 0 Å². The van der Waals surface area contributed by atoms with Crippen molar-refractivity contribution in [3.8, 4) is 0 Å². The highest BCUT2D eigenvalue weighted by Crippen LogP contribution is 2.61. The van der Waals surface area contributed by atoms with E-state index in [0.29, 0.717) is 6.42 Å². The number of fused-ring (bicyclic) bond motifs is 2. The third-order valence-electron chi connectivity index (χ3n) is 6.61. The Morgan fingerprint density at radius 3 is 2.20 bits per heavy atom. The van der Waals surface area contributed by atoms with Crippen molar-refractivity contribution < 1.29 is 24.9 Å². The summed E-state index contributed by atoms with van der Waals surface area (Å²) in [7, 11) is 0. The van der Waals surface area contributed by atoms with Gasteiger partial charge in [-0.3, -0.25) is 9.59 Å². The minimum Gasteiger partial charge on any atom is -0.507 e. The first-order valence-corrected chi connectivity index (χ1v) is 9.08. The summed E-state index contributed by atoms with van der Waals surface area (Å²) < 4.78 is 0. The average Bonchev–Trinajstić information content (AvgIpc) is 2.47. The van der Waals surface area contributed by atoms with Gasteiger partial charge in [0.1, 0.15) is 11.9 Å². The van der Waals surface area contributed by atoms with E-state index in [1.165, 1.54) is 0 Å². The standard InChI is InChI=1S/C20H28O5/c1-9(2)10-13(21)11-12(16(24)14(10)22)20(5)8-6-7-19(3,4)18(20)17(25)15(11)23/h9,15,17-18,21,23,25H,6-8H2,1-5H3/t15-,17-,18+,20-/m1/s1. The number of aliphatic hydroxyl groups is 3. The van der Waals surface area contributed by atoms with E-state index in [-0.39, 0.29) is 39.7 Å². The van der Waals surface area contributed by atoms with Crippen LogP contribution in [0.5, 0.6) is 0 Å². The van der Waals surface area contributed by atoms with Gasteiger partial charge >= 0.3 is 0 Å². The second-order valence-electron chi connectivity index (χ2n) is 9.04. The number of rotatable bonds is 1. The highest BCUT2D eigenvalue weighted by atomic mass is 16.3. The smallest absolute Gasteiger partial charge is 0.233 e. The lowest BCUT2D eigenvalue weighted by molar-refractivity contribution is -0.141. The van der Waals surface area contributed by atoms with Gasteiger partial charge in [-0.2, -0.15) is 0 Å². The molecule has 0 amide bonds. The Morgan fingerprint density at radius 1 is 1.04 bits per heavy atom. The van der Waals surface area contributed by atoms with Gasteiger partial charge in [-0.1, -0.05) is 41.0 Å². The van der Waals surface area contributed by atoms with Crippen molar-refractivity contribution in [3.05, 3.63) is 22.5 Å². The maximum Gasteiger partial charge on any atom is 0.233 e. The number of aliphatic hydroxyl groups excluding tert-OH is 3. The third kappa shape index (κ3) is 2.28. The predicted molar refractivity (Wildman–Crippen MR) is 92.8 cm³/mol. The Hall–Kier alpha value is -1.46. The Kier molecular flexibility index (Phi) is 4.05. The first-order chi connectivity index (χ1) is 11.4. The Bertz CT molecular complexity index is 712. The molecular weight excluding hydrogens is 320 g/mol. The van der Waals surface area contributed by atoms with Crippen LogP contribution in [0.25, 0.3) is 0 Å². The lowest BCUT2D eigenvalue weighted by Crippen LogP contribution is -2.59. The molecule has 25 heavy (non-hydrogen) atoms. The van der Waals surface area contributed by atoms with E-state index >= 15 is 0 Å². The van der Waals surface area contributed by atoms with Gasteiger partial charge in [-0.05, 0) is 24.2 Å². The molecule has 5 nitrogen and oxygen atoms in total. The molecule has 0 spiro atoms. The SMILES string of the molecule is CC(C)C1=C(O)C2=C(C(=O)C1=O)[C@@]1(C)CCCC(C)(C)[C@@H]1[C@H](O)[C@@H]2O. The fourth-order valence-electron chi connectivity index (χ4n) is 5.68. The fraction of sp³-hybridized carbons (Fsp3) is 0.700. The van der Waals surface area contributed by atoms with Crippen LogP contribution < -0.4 is 0 Å². The van der Waals surface area contributed by atoms with E-state index in [9.17, 15) is 24.9 Å². The van der Waals surface area contributed by atoms with E-state index in [2.05, 4.69) is 0 Å². The van der Waals surface area contributed by atoms with Crippen LogP contribution in [-0.2, 0) is 9.59 Å². The van der Waals surface area contributed by atoms with Crippen LogP contribution in [0.2, 0.25) is 0 Å². The summed E-state index contributed by atoms with van der Waals surface area (Å²) in [6.45, 7) is 9.40. The molecular formula is C20H28O5. The number of allylic oxidation sites excluding steroid dienone is 2. The van der Waals surface area contributed by atoms with E-state index in [1.54, 1.807) is 13.8 Å². The molecule has 1 saturated carbocycles. The number of Topliss-reactive ketones (excluding diaryl/α,β-unsaturated/α-hetero) is 2. The van der Waals surface area contributed by atoms with Crippen molar-refractivity contribution in [2.75, 3.05) is 0 Å². The number of hydrogen-bond acceptors (Lipinski definition) is 5. The van der Waals surface area contributed by atoms with Gasteiger partial charge in [0, 0.05) is 28.1 Å². The molecule has 1 fully saturated rings. The molecule has 0 aromatic heterocycles. The van der Waals surface area contributed by atoms with Crippen molar-refractivity contribution in [1.29, 1.82) is 0 Å². The molecule has 0 aromatic rings. The van der Waals surface area contributed by atoms with E-state index in [1.807, 2.05) is 20.8 Å². The Labute approximate surface area is 148 Å². The molecule has 3 N–H and O–H groups in total. The second kappa shape index (κ2) is 5.52. The number of carbonyl (C=O) groups excluding carboxylic acids is 2. The summed E-state index contributed by atoms with van der Waals surface area (Å²) >= 11 is 0. The van der Waals surface area contributed by atoms with Crippen molar-refractivity contribution in [2.45, 2.75) is 66.1 Å². The largest absolute Gasteiger partial charge is 0.507 e. The number of hydrogen-bond donors (Lipinski definition) is 3. The third-order valence-corrected chi connectivity index (χ3v) is 6.61. The zero-order valence-electron chi connectivity index (χ0n) is 15.6. The summed E-state index contributed by atoms with van der Waals surface area (Å²) in [5.41, 5.74) is -0.703. The molecule has 0 bridgehead atoms. The van der Waals surface area contributed by atoms with Crippen molar-refractivity contribution in [1.82, 2.24) is 0 Å². The molecule has 0 aliphatic heterocycles. The van der Waals surface area contributed by atoms with Crippen LogP contribution in [0.3, 0.4) is 0 Å². The van der Waals surface area contributed by atoms with Crippen LogP contribution in [-0.4, -0.2) is 39.1 Å². The van der Waals surface area contributed by atoms with Gasteiger partial charge in [0.15, 0.2) is 0 Å². The summed E-state index contributed by atoms with van der Waals surface area (Å²) in [5, 5.41) is 32.4. The van der Waals surface area contributed by atoms with Gasteiger partial charge < -0.3 is 15.3 Å². The Balaban J connectivity index is 2.32. The number of ketones is 2. The van der Waals surface area contributed by atoms with Crippen LogP contribution in [0, 0.1) is 22.7 Å². The molecule has 0 heterocycles. The Morgan fingerprint density at radius 2 is 1.64 bits per heavy atom. The molecule has 0 radical (unpaired) electrons. The van der Waals surface area contributed by atoms with Gasteiger partial charge in [0.2, 0.25) is 11.6 Å². The average molecular weight is 348 g/mol. The molecule has 3 aliphatic carbocycles. The zero-order chi connectivity index (χ0) is 18.9. The van der Waals surface area contributed by atoms with E-state index < -0.39 is 29.2 Å². The molecule has 3 aliphatic rings. The van der Waals surface area contributed by atoms with Crippen molar-refractivity contribution in [3.63, 3.8) is 0 Å². The molecule has 4 atom stereocenters. The summed E-state index contributed by atoms with van der Waals surface area (Å²) in [4.78, 5) is 25.7. The molecule has 0 saturated heterocycles. The van der Waals surface area contributed by atoms with Crippen LogP contribution in [0.1, 0.15) is 53.9 Å². The van der Waals surface area contributed by atoms with E-state index in [0.717, 1.165) is 12.8 Å². The summed E-state index contributed by atoms with van der Waals surface area (Å²) in [5.74, 6) is -2.33. The van der Waals surface area contributed by atoms with Crippen molar-refractivity contribution >= 4 is 11.6 Å². The molecule has 5 heteroatoms. The maximum atomic E-state index is 13.0. The maximum absolute atomic E-state index is 13.0. The predicted octanol–water partition coefficient (Wildman–Crippen LogP) is 2.47. The number of carbonyl (C=O) groups is 2. The van der Waals surface area contributed by atoms with Crippen LogP contribution in [0.4, 0.5) is 0 Å². The quantitative estimate of drug-likeness (QED) is 0.500. The van der Waals surface area contributed by atoms with Crippen LogP contribution in [0.15, 0.2) is 22.5 Å². The van der Waals surface area contributed by atoms with E-state index in [4.69, 9.17) is 0 Å². The molecule has 0 unspecified atom stereocenters. The van der Waals surface area contributed by atoms with Gasteiger partial charge in [0.25, 0.3) is 0 Å². The second-order valence-corrected chi connectivity index (χ2v) is 9.04.